The number of rotatable bonds is 1. The van der Waals surface area contributed by atoms with E-state index in [-0.39, 0.29) is 0 Å². The summed E-state index contributed by atoms with van der Waals surface area (Å²) in [7, 11) is 1.31. The van der Waals surface area contributed by atoms with Gasteiger partial charge in [-0.2, -0.15) is 0 Å². The molecule has 0 aliphatic rings. The molecule has 0 saturated heterocycles. The van der Waals surface area contributed by atoms with Crippen molar-refractivity contribution in [3.8, 4) is 0 Å². The van der Waals surface area contributed by atoms with Crippen LogP contribution in [0.3, 0.4) is 0 Å². The summed E-state index contributed by atoms with van der Waals surface area (Å²) in [5.74, 6) is 0.0633. The van der Waals surface area contributed by atoms with Crippen molar-refractivity contribution in [2.75, 3.05) is 7.11 Å². The molecule has 1 aromatic heterocycles. The quantitative estimate of drug-likeness (QED) is 0.731. The Morgan fingerprint density at radius 3 is 2.65 bits per heavy atom. The predicted molar refractivity (Wildman–Crippen MR) is 66.4 cm³/mol. The molecule has 0 aliphatic heterocycles. The monoisotopic (exact) mass is 255 g/mol. The third kappa shape index (κ3) is 2.77. The lowest BCUT2D eigenvalue weighted by atomic mass is 10.2. The van der Waals surface area contributed by atoms with Crippen molar-refractivity contribution < 1.29 is 13.9 Å². The van der Waals surface area contributed by atoms with Crippen LogP contribution in [-0.4, -0.2) is 18.1 Å². The molecular formula is C12H14ClNO3. The minimum Gasteiger partial charge on any atom is -0.465 e. The molecule has 2 rings (SSSR count). The van der Waals surface area contributed by atoms with Crippen LogP contribution in [0.2, 0.25) is 5.02 Å². The van der Waals surface area contributed by atoms with Gasteiger partial charge in [0.25, 0.3) is 0 Å². The topological polar surface area (TPSA) is 52.3 Å². The normalized spacial score (nSPS) is 9.71. The highest BCUT2D eigenvalue weighted by molar-refractivity contribution is 6.35. The van der Waals surface area contributed by atoms with E-state index in [1.807, 2.05) is 13.8 Å². The van der Waals surface area contributed by atoms with E-state index in [9.17, 15) is 4.79 Å². The zero-order valence-electron chi connectivity index (χ0n) is 10.2. The highest BCUT2D eigenvalue weighted by atomic mass is 35.5. The first kappa shape index (κ1) is 13.5. The van der Waals surface area contributed by atoms with Gasteiger partial charge in [-0.05, 0) is 12.1 Å². The third-order valence-corrected chi connectivity index (χ3v) is 2.25. The molecule has 0 unspecified atom stereocenters. The van der Waals surface area contributed by atoms with Crippen LogP contribution in [-0.2, 0) is 4.74 Å². The van der Waals surface area contributed by atoms with Crippen molar-refractivity contribution in [2.24, 2.45) is 0 Å². The second kappa shape index (κ2) is 5.68. The van der Waals surface area contributed by atoms with Crippen molar-refractivity contribution in [2.45, 2.75) is 20.8 Å². The van der Waals surface area contributed by atoms with Gasteiger partial charge in [-0.15, -0.1) is 0 Å². The lowest BCUT2D eigenvalue weighted by Gasteiger charge is -1.99. The Labute approximate surface area is 105 Å². The molecule has 1 aromatic carbocycles. The van der Waals surface area contributed by atoms with Crippen molar-refractivity contribution >= 4 is 28.7 Å². The van der Waals surface area contributed by atoms with Crippen LogP contribution in [0.25, 0.3) is 11.1 Å². The van der Waals surface area contributed by atoms with Crippen molar-refractivity contribution in [3.05, 3.63) is 28.6 Å². The van der Waals surface area contributed by atoms with Gasteiger partial charge in [-0.1, -0.05) is 25.4 Å². The predicted octanol–water partition coefficient (Wildman–Crippen LogP) is 3.60. The van der Waals surface area contributed by atoms with Gasteiger partial charge in [0, 0.05) is 6.92 Å². The van der Waals surface area contributed by atoms with Gasteiger partial charge < -0.3 is 9.15 Å². The number of aryl methyl sites for hydroxylation is 1. The Bertz CT molecular complexity index is 534. The summed E-state index contributed by atoms with van der Waals surface area (Å²) in [6.07, 6.45) is 0. The number of aromatic nitrogens is 1. The van der Waals surface area contributed by atoms with E-state index in [1.165, 1.54) is 13.2 Å². The molecule has 0 atom stereocenters. The summed E-state index contributed by atoms with van der Waals surface area (Å²) in [6, 6.07) is 3.09. The number of fused-ring (bicyclic) bond motifs is 1. The second-order valence-corrected chi connectivity index (χ2v) is 3.44. The number of halogens is 1. The number of hydrogen-bond donors (Lipinski definition) is 0. The van der Waals surface area contributed by atoms with Crippen LogP contribution in [0.5, 0.6) is 0 Å². The van der Waals surface area contributed by atoms with Gasteiger partial charge in [0.15, 0.2) is 11.5 Å². The third-order valence-electron chi connectivity index (χ3n) is 1.97. The Hall–Kier alpha value is -1.55. The molecule has 1 heterocycles. The minimum absolute atomic E-state index is 0.355. The summed E-state index contributed by atoms with van der Waals surface area (Å²) in [5.41, 5.74) is 1.41. The Kier molecular flexibility index (Phi) is 4.52. The number of nitrogens with zero attached hydrogens (tertiary/aromatic N) is 1. The number of esters is 1. The maximum Gasteiger partial charge on any atom is 0.337 e. The first-order valence-electron chi connectivity index (χ1n) is 5.27. The molecule has 92 valence electrons. The molecule has 0 bridgehead atoms. The average molecular weight is 256 g/mol. The van der Waals surface area contributed by atoms with Crippen molar-refractivity contribution in [3.63, 3.8) is 0 Å². The van der Waals surface area contributed by atoms with Crippen LogP contribution < -0.4 is 0 Å². The summed E-state index contributed by atoms with van der Waals surface area (Å²) in [5, 5.41) is 0.355. The molecular weight excluding hydrogens is 242 g/mol. The van der Waals surface area contributed by atoms with Gasteiger partial charge >= 0.3 is 5.97 Å². The summed E-state index contributed by atoms with van der Waals surface area (Å²) < 4.78 is 9.86. The average Bonchev–Trinajstić information content (AvgIpc) is 2.71. The fraction of sp³-hybridized carbons (Fsp3) is 0.333. The van der Waals surface area contributed by atoms with E-state index in [0.29, 0.717) is 27.6 Å². The van der Waals surface area contributed by atoms with Crippen molar-refractivity contribution in [1.82, 2.24) is 4.98 Å². The lowest BCUT2D eigenvalue weighted by Crippen LogP contribution is -2.00. The number of oxazole rings is 1. The van der Waals surface area contributed by atoms with E-state index in [2.05, 4.69) is 9.72 Å². The van der Waals surface area contributed by atoms with Gasteiger partial charge in [0.2, 0.25) is 0 Å². The number of benzene rings is 1. The van der Waals surface area contributed by atoms with Crippen molar-refractivity contribution in [1.29, 1.82) is 0 Å². The number of carbonyl (C=O) groups is 1. The van der Waals surface area contributed by atoms with Crippen LogP contribution >= 0.6 is 11.6 Å². The van der Waals surface area contributed by atoms with E-state index >= 15 is 0 Å². The molecule has 0 saturated carbocycles. The summed E-state index contributed by atoms with van der Waals surface area (Å²) in [6.45, 7) is 5.72. The Morgan fingerprint density at radius 1 is 1.41 bits per heavy atom. The molecule has 0 N–H and O–H groups in total. The lowest BCUT2D eigenvalue weighted by molar-refractivity contribution is 0.0601. The number of ether oxygens (including phenoxy) is 1. The molecule has 0 aliphatic carbocycles. The Morgan fingerprint density at radius 2 is 2.06 bits per heavy atom. The first-order chi connectivity index (χ1) is 8.11. The first-order valence-corrected chi connectivity index (χ1v) is 5.64. The highest BCUT2D eigenvalue weighted by Gasteiger charge is 2.13. The van der Waals surface area contributed by atoms with E-state index in [1.54, 1.807) is 13.0 Å². The molecule has 0 radical (unpaired) electrons. The molecule has 4 nitrogen and oxygen atoms in total. The summed E-state index contributed by atoms with van der Waals surface area (Å²) >= 11 is 5.94. The molecule has 0 spiro atoms. The number of carbonyl (C=O) groups excluding carboxylic acids is 1. The smallest absolute Gasteiger partial charge is 0.337 e. The fourth-order valence-corrected chi connectivity index (χ4v) is 1.59. The van der Waals surface area contributed by atoms with E-state index < -0.39 is 5.97 Å². The van der Waals surface area contributed by atoms with E-state index in [4.69, 9.17) is 16.0 Å². The zero-order valence-corrected chi connectivity index (χ0v) is 11.0. The summed E-state index contributed by atoms with van der Waals surface area (Å²) in [4.78, 5) is 15.4. The molecule has 0 fully saturated rings. The van der Waals surface area contributed by atoms with Gasteiger partial charge in [-0.3, -0.25) is 0 Å². The fourth-order valence-electron chi connectivity index (χ4n) is 1.34. The van der Waals surface area contributed by atoms with Gasteiger partial charge in [-0.25, -0.2) is 9.78 Å². The van der Waals surface area contributed by atoms with E-state index in [0.717, 1.165) is 0 Å². The Balaban J connectivity index is 0.000000686. The van der Waals surface area contributed by atoms with Crippen LogP contribution in [0.15, 0.2) is 16.5 Å². The largest absolute Gasteiger partial charge is 0.465 e. The standard InChI is InChI=1S/C10H8ClNO3.C2H6/c1-5-12-8-4-6(10(13)14-2)3-7(11)9(8)15-5;1-2/h3-4H,1-2H3;1-2H3. The SMILES string of the molecule is CC.COC(=O)c1cc(Cl)c2oc(C)nc2c1. The minimum atomic E-state index is -0.445. The molecule has 17 heavy (non-hydrogen) atoms. The second-order valence-electron chi connectivity index (χ2n) is 3.03. The van der Waals surface area contributed by atoms with Crippen LogP contribution in [0.1, 0.15) is 30.1 Å². The van der Waals surface area contributed by atoms with Crippen LogP contribution in [0, 0.1) is 6.92 Å². The van der Waals surface area contributed by atoms with Gasteiger partial charge in [0.1, 0.15) is 5.52 Å². The maximum atomic E-state index is 11.3. The number of hydrogen-bond acceptors (Lipinski definition) is 4. The molecule has 2 aromatic rings. The molecule has 5 heteroatoms. The van der Waals surface area contributed by atoms with Gasteiger partial charge in [0.05, 0.1) is 17.7 Å². The van der Waals surface area contributed by atoms with Crippen LogP contribution in [0.4, 0.5) is 0 Å². The highest BCUT2D eigenvalue weighted by Crippen LogP contribution is 2.26. The maximum absolute atomic E-state index is 11.3. The molecule has 0 amide bonds. The number of methoxy groups -OCH3 is 1. The zero-order chi connectivity index (χ0) is 13.0.